The van der Waals surface area contributed by atoms with Crippen LogP contribution in [0.15, 0.2) is 52.7 Å². The van der Waals surface area contributed by atoms with E-state index < -0.39 is 10.0 Å². The summed E-state index contributed by atoms with van der Waals surface area (Å²) in [5.74, 6) is 1.00. The lowest BCUT2D eigenvalue weighted by Gasteiger charge is -2.28. The largest absolute Gasteiger partial charge is 0.493 e. The molecule has 0 bridgehead atoms. The second kappa shape index (κ2) is 14.6. The van der Waals surface area contributed by atoms with Crippen molar-refractivity contribution in [3.05, 3.63) is 75.0 Å². The molecule has 2 aromatic carbocycles. The van der Waals surface area contributed by atoms with Gasteiger partial charge in [0.2, 0.25) is 15.9 Å². The number of carbonyl (C=O) groups excluding carboxylic acids is 1. The highest BCUT2D eigenvalue weighted by atomic mass is 32.2. The molecular formula is C30H40N2O6S2. The molecule has 0 N–H and O–H groups in total. The number of hydrogen-bond acceptors (Lipinski definition) is 7. The highest BCUT2D eigenvalue weighted by Gasteiger charge is 2.31. The number of carbonyl (C=O) groups is 1. The number of benzene rings is 2. The van der Waals surface area contributed by atoms with E-state index in [0.717, 1.165) is 16.0 Å². The molecule has 0 aliphatic carbocycles. The van der Waals surface area contributed by atoms with Crippen molar-refractivity contribution in [2.75, 3.05) is 47.6 Å². The molecule has 218 valence electrons. The highest BCUT2D eigenvalue weighted by molar-refractivity contribution is 7.89. The van der Waals surface area contributed by atoms with Crippen molar-refractivity contribution < 1.29 is 27.4 Å². The molecule has 1 amide bonds. The summed E-state index contributed by atoms with van der Waals surface area (Å²) in [6.07, 6.45) is 1.05. The molecule has 8 nitrogen and oxygen atoms in total. The van der Waals surface area contributed by atoms with Gasteiger partial charge in [-0.25, -0.2) is 8.42 Å². The predicted octanol–water partition coefficient (Wildman–Crippen LogP) is 4.99. The van der Waals surface area contributed by atoms with Crippen LogP contribution in [0.4, 0.5) is 0 Å². The minimum Gasteiger partial charge on any atom is -0.493 e. The third kappa shape index (κ3) is 8.06. The Labute approximate surface area is 242 Å². The third-order valence-corrected chi connectivity index (χ3v) is 9.68. The lowest BCUT2D eigenvalue weighted by molar-refractivity contribution is -0.132. The van der Waals surface area contributed by atoms with Crippen LogP contribution in [0.5, 0.6) is 11.5 Å². The summed E-state index contributed by atoms with van der Waals surface area (Å²) in [4.78, 5) is 16.8. The summed E-state index contributed by atoms with van der Waals surface area (Å²) in [6, 6.07) is 13.3. The van der Waals surface area contributed by atoms with Crippen LogP contribution in [-0.2, 0) is 32.5 Å². The fourth-order valence-electron chi connectivity index (χ4n) is 4.81. The van der Waals surface area contributed by atoms with E-state index in [-0.39, 0.29) is 23.9 Å². The highest BCUT2D eigenvalue weighted by Crippen LogP contribution is 2.28. The first-order valence-corrected chi connectivity index (χ1v) is 15.5. The summed E-state index contributed by atoms with van der Waals surface area (Å²) < 4.78 is 45.2. The molecule has 0 radical (unpaired) electrons. The number of ether oxygens (including phenoxy) is 3. The van der Waals surface area contributed by atoms with E-state index in [0.29, 0.717) is 55.2 Å². The van der Waals surface area contributed by atoms with Crippen molar-refractivity contribution in [2.24, 2.45) is 0 Å². The molecule has 0 saturated carbocycles. The number of sulfonamides is 1. The Hall–Kier alpha value is -2.92. The molecule has 1 aromatic heterocycles. The van der Waals surface area contributed by atoms with E-state index in [2.05, 4.69) is 0 Å². The number of amides is 1. The van der Waals surface area contributed by atoms with Crippen LogP contribution in [0.3, 0.4) is 0 Å². The van der Waals surface area contributed by atoms with Crippen LogP contribution in [0.1, 0.15) is 33.6 Å². The molecular weight excluding hydrogens is 548 g/mol. The first-order chi connectivity index (χ1) is 19.1. The zero-order valence-corrected chi connectivity index (χ0v) is 25.9. The molecule has 1 heterocycles. The quantitative estimate of drug-likeness (QED) is 0.233. The Morgan fingerprint density at radius 1 is 0.925 bits per heavy atom. The van der Waals surface area contributed by atoms with Crippen molar-refractivity contribution in [1.29, 1.82) is 0 Å². The van der Waals surface area contributed by atoms with Crippen LogP contribution >= 0.6 is 11.3 Å². The molecule has 0 fully saturated rings. The van der Waals surface area contributed by atoms with E-state index in [4.69, 9.17) is 14.2 Å². The fourth-order valence-corrected chi connectivity index (χ4v) is 7.36. The second-order valence-corrected chi connectivity index (χ2v) is 12.7. The topological polar surface area (TPSA) is 85.4 Å². The summed E-state index contributed by atoms with van der Waals surface area (Å²) in [6.45, 7) is 6.68. The first kappa shape index (κ1) is 31.6. The second-order valence-electron chi connectivity index (χ2n) is 9.75. The molecule has 0 unspecified atom stereocenters. The normalized spacial score (nSPS) is 11.6. The molecule has 10 heteroatoms. The number of methoxy groups -OCH3 is 3. The predicted molar refractivity (Wildman–Crippen MR) is 159 cm³/mol. The van der Waals surface area contributed by atoms with Crippen molar-refractivity contribution in [3.63, 3.8) is 0 Å². The van der Waals surface area contributed by atoms with Crippen LogP contribution < -0.4 is 9.47 Å². The van der Waals surface area contributed by atoms with Crippen molar-refractivity contribution in [2.45, 2.75) is 45.1 Å². The van der Waals surface area contributed by atoms with Crippen LogP contribution in [-0.4, -0.2) is 71.1 Å². The van der Waals surface area contributed by atoms with E-state index >= 15 is 0 Å². The van der Waals surface area contributed by atoms with Crippen molar-refractivity contribution in [3.8, 4) is 11.5 Å². The van der Waals surface area contributed by atoms with E-state index in [9.17, 15) is 13.2 Å². The van der Waals surface area contributed by atoms with Gasteiger partial charge in [0.1, 0.15) is 0 Å². The van der Waals surface area contributed by atoms with Crippen LogP contribution in [0.25, 0.3) is 0 Å². The smallest absolute Gasteiger partial charge is 0.244 e. The standard InChI is InChI=1S/C30H40N2O6S2/c1-22-17-23(2)30(24(3)18-22)40(34,35)32(13-8-15-36-4)21-29(33)31(20-26-9-7-16-39-26)14-12-25-10-11-27(37-5)28(19-25)38-6/h7,9-11,16-19H,8,12-15,20-21H2,1-6H3. The zero-order valence-electron chi connectivity index (χ0n) is 24.2. The Balaban J connectivity index is 1.88. The number of hydrogen-bond donors (Lipinski definition) is 0. The molecule has 40 heavy (non-hydrogen) atoms. The van der Waals surface area contributed by atoms with Gasteiger partial charge >= 0.3 is 0 Å². The van der Waals surface area contributed by atoms with Crippen LogP contribution in [0, 0.1) is 20.8 Å². The van der Waals surface area contributed by atoms with E-state index in [1.807, 2.05) is 54.8 Å². The maximum Gasteiger partial charge on any atom is 0.244 e. The number of nitrogens with zero attached hydrogens (tertiary/aromatic N) is 2. The molecule has 0 aliphatic heterocycles. The molecule has 0 saturated heterocycles. The van der Waals surface area contributed by atoms with Gasteiger partial charge in [-0.15, -0.1) is 11.3 Å². The van der Waals surface area contributed by atoms with Gasteiger partial charge in [-0.2, -0.15) is 4.31 Å². The van der Waals surface area contributed by atoms with Gasteiger partial charge in [-0.1, -0.05) is 29.8 Å². The number of rotatable bonds is 15. The first-order valence-electron chi connectivity index (χ1n) is 13.2. The van der Waals surface area contributed by atoms with E-state index in [1.54, 1.807) is 51.4 Å². The molecule has 0 aliphatic rings. The SMILES string of the molecule is COCCCN(CC(=O)N(CCc1ccc(OC)c(OC)c1)Cc1cccs1)S(=O)(=O)c1c(C)cc(C)cc1C. The maximum absolute atomic E-state index is 14.0. The lowest BCUT2D eigenvalue weighted by Crippen LogP contribution is -2.44. The monoisotopic (exact) mass is 588 g/mol. The molecule has 3 aromatic rings. The van der Waals surface area contributed by atoms with Crippen molar-refractivity contribution >= 4 is 27.3 Å². The fraction of sp³-hybridized carbons (Fsp3) is 0.433. The molecule has 3 rings (SSSR count). The Morgan fingerprint density at radius 3 is 2.23 bits per heavy atom. The van der Waals surface area contributed by atoms with Gasteiger partial charge in [0.05, 0.1) is 32.2 Å². The third-order valence-electron chi connectivity index (χ3n) is 6.67. The molecule has 0 atom stereocenters. The van der Waals surface area contributed by atoms with Gasteiger partial charge in [0.15, 0.2) is 11.5 Å². The van der Waals surface area contributed by atoms with Gasteiger partial charge < -0.3 is 19.1 Å². The summed E-state index contributed by atoms with van der Waals surface area (Å²) in [7, 11) is 0.823. The summed E-state index contributed by atoms with van der Waals surface area (Å²) >= 11 is 1.57. The molecule has 0 spiro atoms. The lowest BCUT2D eigenvalue weighted by atomic mass is 10.1. The van der Waals surface area contributed by atoms with Crippen molar-refractivity contribution in [1.82, 2.24) is 9.21 Å². The number of aryl methyl sites for hydroxylation is 3. The minimum atomic E-state index is -3.93. The summed E-state index contributed by atoms with van der Waals surface area (Å²) in [5.41, 5.74) is 3.32. The summed E-state index contributed by atoms with van der Waals surface area (Å²) in [5, 5.41) is 1.97. The maximum atomic E-state index is 14.0. The van der Waals surface area contributed by atoms with Gasteiger partial charge in [-0.05, 0) is 73.9 Å². The Bertz CT molecular complexity index is 1350. The van der Waals surface area contributed by atoms with E-state index in [1.165, 1.54) is 4.31 Å². The average molecular weight is 589 g/mol. The van der Waals surface area contributed by atoms with Gasteiger partial charge in [-0.3, -0.25) is 4.79 Å². The van der Waals surface area contributed by atoms with Gasteiger partial charge in [0.25, 0.3) is 0 Å². The average Bonchev–Trinajstić information content (AvgIpc) is 3.42. The van der Waals surface area contributed by atoms with Gasteiger partial charge in [0, 0.05) is 31.7 Å². The minimum absolute atomic E-state index is 0.178. The van der Waals surface area contributed by atoms with Crippen LogP contribution in [0.2, 0.25) is 0 Å². The number of thiophene rings is 1. The zero-order chi connectivity index (χ0) is 29.3. The Kier molecular flexibility index (Phi) is 11.6. The Morgan fingerprint density at radius 2 is 1.62 bits per heavy atom.